The summed E-state index contributed by atoms with van der Waals surface area (Å²) in [6.45, 7) is 2.48. The highest BCUT2D eigenvalue weighted by Gasteiger charge is 2.44. The van der Waals surface area contributed by atoms with Crippen LogP contribution in [0.2, 0.25) is 0 Å². The Morgan fingerprint density at radius 2 is 1.70 bits per heavy atom. The zero-order valence-corrected chi connectivity index (χ0v) is 17.9. The molecule has 0 aromatic carbocycles. The van der Waals surface area contributed by atoms with E-state index >= 15 is 0 Å². The fraction of sp³-hybridized carbons (Fsp3) is 0.636. The van der Waals surface area contributed by atoms with E-state index in [1.807, 2.05) is 0 Å². The first kappa shape index (κ1) is 25.2. The molecule has 2 heterocycles. The van der Waals surface area contributed by atoms with Crippen LogP contribution in [0.3, 0.4) is 0 Å². The highest BCUT2D eigenvalue weighted by atomic mass is 31.3. The lowest BCUT2D eigenvalue weighted by molar-refractivity contribution is -0.0374. The van der Waals surface area contributed by atoms with Crippen molar-refractivity contribution in [3.63, 3.8) is 0 Å². The second-order valence-electron chi connectivity index (χ2n) is 6.31. The maximum Gasteiger partial charge on any atom is 0.490 e. The molecule has 1 aromatic heterocycles. The number of aromatic amines is 1. The van der Waals surface area contributed by atoms with Crippen LogP contribution in [0.25, 0.3) is 0 Å². The monoisotopic (exact) mass is 498 g/mol. The fourth-order valence-corrected chi connectivity index (χ4v) is 5.69. The molecule has 6 atom stereocenters. The zero-order chi connectivity index (χ0) is 23.1. The lowest BCUT2D eigenvalue weighted by atomic mass is 9.93. The third-order valence-corrected chi connectivity index (χ3v) is 8.00. The van der Waals surface area contributed by atoms with Gasteiger partial charge >= 0.3 is 29.2 Å². The number of nitrogens with zero attached hydrogens (tertiary/aromatic N) is 1. The van der Waals surface area contributed by atoms with E-state index in [-0.39, 0.29) is 0 Å². The van der Waals surface area contributed by atoms with Crippen LogP contribution in [-0.2, 0) is 31.6 Å². The Hall–Kier alpha value is -1.02. The van der Waals surface area contributed by atoms with E-state index in [9.17, 15) is 32.6 Å². The van der Waals surface area contributed by atoms with Gasteiger partial charge in [-0.25, -0.2) is 18.5 Å². The fourth-order valence-electron chi connectivity index (χ4n) is 2.66. The number of phosphoric acid groups is 3. The molecule has 0 amide bonds. The number of halogens is 1. The van der Waals surface area contributed by atoms with Gasteiger partial charge in [-0.05, 0) is 5.92 Å². The van der Waals surface area contributed by atoms with Crippen LogP contribution in [0.1, 0.15) is 20.1 Å². The normalized spacial score (nSPS) is 28.8. The molecule has 0 radical (unpaired) electrons. The number of phosphoric ester groups is 1. The minimum absolute atomic E-state index is 0.468. The molecule has 172 valence electrons. The van der Waals surface area contributed by atoms with Gasteiger partial charge in [0.15, 0.2) is 0 Å². The molecule has 15 nitrogen and oxygen atoms in total. The summed E-state index contributed by atoms with van der Waals surface area (Å²) in [6, 6.07) is 0. The molecule has 30 heavy (non-hydrogen) atoms. The number of hydrogen-bond acceptors (Lipinski definition) is 9. The molecular weight excluding hydrogens is 480 g/mol. The van der Waals surface area contributed by atoms with Gasteiger partial charge in [-0.3, -0.25) is 18.9 Å². The van der Waals surface area contributed by atoms with Gasteiger partial charge in [-0.2, -0.15) is 13.0 Å². The van der Waals surface area contributed by atoms with E-state index in [0.717, 1.165) is 4.57 Å². The third kappa shape index (κ3) is 6.49. The second kappa shape index (κ2) is 8.85. The summed E-state index contributed by atoms with van der Waals surface area (Å²) in [7, 11) is -16.5. The summed E-state index contributed by atoms with van der Waals surface area (Å²) in [5.74, 6) is -2.19. The number of aromatic nitrogens is 2. The summed E-state index contributed by atoms with van der Waals surface area (Å²) in [4.78, 5) is 60.4. The molecule has 1 aliphatic heterocycles. The molecule has 0 bridgehead atoms. The largest absolute Gasteiger partial charge is 0.490 e. The van der Waals surface area contributed by atoms with Crippen LogP contribution in [0.5, 0.6) is 0 Å². The average molecular weight is 498 g/mol. The van der Waals surface area contributed by atoms with E-state index in [2.05, 4.69) is 13.1 Å². The van der Waals surface area contributed by atoms with Crippen LogP contribution < -0.4 is 11.2 Å². The van der Waals surface area contributed by atoms with Crippen molar-refractivity contribution in [3.05, 3.63) is 32.9 Å². The first-order valence-electron chi connectivity index (χ1n) is 7.96. The second-order valence-corrected chi connectivity index (χ2v) is 10.7. The van der Waals surface area contributed by atoms with E-state index in [0.29, 0.717) is 6.20 Å². The predicted molar refractivity (Wildman–Crippen MR) is 93.3 cm³/mol. The molecule has 19 heteroatoms. The smallest absolute Gasteiger partial charge is 0.352 e. The Bertz CT molecular complexity index is 1050. The molecular formula is C11H18FN2O13P3. The van der Waals surface area contributed by atoms with Crippen molar-refractivity contribution in [2.45, 2.75) is 26.2 Å². The first-order chi connectivity index (χ1) is 13.5. The Labute approximate surface area is 166 Å². The highest BCUT2D eigenvalue weighted by molar-refractivity contribution is 7.66. The summed E-state index contributed by atoms with van der Waals surface area (Å²) < 4.78 is 65.2. The quantitative estimate of drug-likeness (QED) is 0.302. The number of ether oxygens (including phenoxy) is 1. The maximum atomic E-state index is 13.5. The van der Waals surface area contributed by atoms with E-state index < -0.39 is 71.3 Å². The van der Waals surface area contributed by atoms with E-state index in [1.54, 1.807) is 18.8 Å². The Morgan fingerprint density at radius 1 is 1.10 bits per heavy atom. The lowest BCUT2D eigenvalue weighted by Gasteiger charge is -2.19. The van der Waals surface area contributed by atoms with Crippen LogP contribution in [0.4, 0.5) is 4.39 Å². The molecule has 1 aliphatic rings. The van der Waals surface area contributed by atoms with Gasteiger partial charge in [-0.1, -0.05) is 13.8 Å². The van der Waals surface area contributed by atoms with Crippen molar-refractivity contribution in [1.82, 2.24) is 9.55 Å². The van der Waals surface area contributed by atoms with Crippen molar-refractivity contribution >= 4 is 23.5 Å². The van der Waals surface area contributed by atoms with Crippen molar-refractivity contribution in [1.29, 1.82) is 0 Å². The molecule has 1 saturated heterocycles. The van der Waals surface area contributed by atoms with Crippen molar-refractivity contribution in [2.24, 2.45) is 11.8 Å². The minimum Gasteiger partial charge on any atom is -0.352 e. The molecule has 6 unspecified atom stereocenters. The maximum absolute atomic E-state index is 13.5. The summed E-state index contributed by atoms with van der Waals surface area (Å²) in [6.07, 6.45) is -1.45. The lowest BCUT2D eigenvalue weighted by Crippen LogP contribution is -2.35. The predicted octanol–water partition coefficient (Wildman–Crippen LogP) is 0.189. The third-order valence-electron chi connectivity index (χ3n) is 4.20. The van der Waals surface area contributed by atoms with Crippen LogP contribution >= 0.6 is 23.5 Å². The molecule has 0 saturated carbocycles. The van der Waals surface area contributed by atoms with Crippen molar-refractivity contribution in [3.8, 4) is 0 Å². The summed E-state index contributed by atoms with van der Waals surface area (Å²) in [5.41, 5.74) is -2.18. The Morgan fingerprint density at radius 3 is 2.27 bits per heavy atom. The summed E-state index contributed by atoms with van der Waals surface area (Å²) in [5, 5.41) is 0. The number of nitrogens with one attached hydrogen (secondary N) is 1. The Kier molecular flexibility index (Phi) is 7.44. The minimum atomic E-state index is -5.66. The van der Waals surface area contributed by atoms with Gasteiger partial charge in [-0.15, -0.1) is 0 Å². The van der Waals surface area contributed by atoms with Gasteiger partial charge in [0.1, 0.15) is 6.23 Å². The van der Waals surface area contributed by atoms with E-state index in [4.69, 9.17) is 19.4 Å². The van der Waals surface area contributed by atoms with Crippen LogP contribution in [0, 0.1) is 17.7 Å². The SMILES string of the molecule is CC1C(COP(=O)(O)OP(=O)(O)OP(=O)(O)O)OC(n2cc(F)c(=O)[nH]c2=O)C1C. The van der Waals surface area contributed by atoms with Gasteiger partial charge < -0.3 is 24.3 Å². The van der Waals surface area contributed by atoms with Crippen molar-refractivity contribution in [2.75, 3.05) is 6.61 Å². The molecule has 5 N–H and O–H groups in total. The zero-order valence-electron chi connectivity index (χ0n) is 15.2. The Balaban J connectivity index is 2.09. The average Bonchev–Trinajstić information content (AvgIpc) is 2.81. The first-order valence-corrected chi connectivity index (χ1v) is 12.5. The van der Waals surface area contributed by atoms with Gasteiger partial charge in [0.05, 0.1) is 18.9 Å². The van der Waals surface area contributed by atoms with Gasteiger partial charge in [0, 0.05) is 5.92 Å². The topological polar surface area (TPSA) is 224 Å². The summed E-state index contributed by atoms with van der Waals surface area (Å²) >= 11 is 0. The number of H-pyrrole nitrogens is 1. The molecule has 2 rings (SSSR count). The number of hydrogen-bond donors (Lipinski definition) is 5. The molecule has 1 fully saturated rings. The molecule has 0 aliphatic carbocycles. The molecule has 0 spiro atoms. The number of rotatable bonds is 8. The highest BCUT2D eigenvalue weighted by Crippen LogP contribution is 2.66. The standard InChI is InChI=1S/C11H18FN2O13P3/c1-5-6(2)10(14-3-7(12)9(15)13-11(14)16)25-8(5)4-24-29(20,21)27-30(22,23)26-28(17,18)19/h3,5-6,8,10H,4H2,1-2H3,(H,20,21)(H,22,23)(H,13,15,16)(H2,17,18,19). The van der Waals surface area contributed by atoms with Gasteiger partial charge in [0.25, 0.3) is 5.56 Å². The van der Waals surface area contributed by atoms with Crippen LogP contribution in [0.15, 0.2) is 15.8 Å². The van der Waals surface area contributed by atoms with Gasteiger partial charge in [0.2, 0.25) is 5.82 Å². The van der Waals surface area contributed by atoms with E-state index in [1.165, 1.54) is 0 Å². The molecule has 1 aromatic rings. The van der Waals surface area contributed by atoms with Crippen molar-refractivity contribution < 1.29 is 55.5 Å². The van der Waals surface area contributed by atoms with Crippen LogP contribution in [-0.4, -0.2) is 41.8 Å².